The standard InChI is InChI=1S/C17H24N4O2/c1-19-11-14(9-15(19)10-18)12-20-6-4-17(13-20)3-2-5-21(7-8-22)16(17)23/h9,11,22H,2-8,12-13H2,1H3/t17-/m1/s1. The van der Waals surface area contributed by atoms with E-state index in [0.717, 1.165) is 51.0 Å². The number of aliphatic hydroxyl groups excluding tert-OH is 1. The number of hydrogen-bond donors (Lipinski definition) is 1. The lowest BCUT2D eigenvalue weighted by atomic mass is 9.78. The predicted octanol–water partition coefficient (Wildman–Crippen LogP) is 0.704. The number of carbonyl (C=O) groups is 1. The zero-order chi connectivity index (χ0) is 16.4. The van der Waals surface area contributed by atoms with Gasteiger partial charge in [-0.3, -0.25) is 9.69 Å². The van der Waals surface area contributed by atoms with Crippen molar-refractivity contribution in [2.75, 3.05) is 32.8 Å². The molecule has 1 N–H and O–H groups in total. The first-order chi connectivity index (χ1) is 11.1. The van der Waals surface area contributed by atoms with Gasteiger partial charge in [0.25, 0.3) is 0 Å². The molecule has 0 aromatic carbocycles. The average Bonchev–Trinajstić information content (AvgIpc) is 3.09. The second-order valence-electron chi connectivity index (χ2n) is 6.82. The van der Waals surface area contributed by atoms with Gasteiger partial charge in [0, 0.05) is 39.4 Å². The Morgan fingerprint density at radius 3 is 2.91 bits per heavy atom. The molecule has 2 aliphatic rings. The second-order valence-corrected chi connectivity index (χ2v) is 6.82. The maximum Gasteiger partial charge on any atom is 0.230 e. The molecule has 0 radical (unpaired) electrons. The minimum absolute atomic E-state index is 0.0342. The van der Waals surface area contributed by atoms with E-state index in [9.17, 15) is 4.79 Å². The Morgan fingerprint density at radius 1 is 1.39 bits per heavy atom. The lowest BCUT2D eigenvalue weighted by molar-refractivity contribution is -0.146. The molecule has 124 valence electrons. The fraction of sp³-hybridized carbons (Fsp3) is 0.647. The van der Waals surface area contributed by atoms with Crippen LogP contribution in [0.15, 0.2) is 12.3 Å². The minimum atomic E-state index is -0.264. The first-order valence-corrected chi connectivity index (χ1v) is 8.26. The van der Waals surface area contributed by atoms with Gasteiger partial charge in [0.1, 0.15) is 11.8 Å². The van der Waals surface area contributed by atoms with Gasteiger partial charge >= 0.3 is 0 Å². The van der Waals surface area contributed by atoms with Crippen LogP contribution in [0.4, 0.5) is 0 Å². The zero-order valence-corrected chi connectivity index (χ0v) is 13.7. The molecule has 3 rings (SSSR count). The summed E-state index contributed by atoms with van der Waals surface area (Å²) in [4.78, 5) is 16.9. The molecule has 6 nitrogen and oxygen atoms in total. The topological polar surface area (TPSA) is 72.5 Å². The Bertz CT molecular complexity index is 631. The van der Waals surface area contributed by atoms with Crippen molar-refractivity contribution in [3.8, 4) is 6.07 Å². The monoisotopic (exact) mass is 316 g/mol. The second kappa shape index (κ2) is 6.34. The summed E-state index contributed by atoms with van der Waals surface area (Å²) in [6.07, 6.45) is 4.85. The Kier molecular flexibility index (Phi) is 4.42. The number of amides is 1. The van der Waals surface area contributed by atoms with E-state index in [1.54, 1.807) is 0 Å². The van der Waals surface area contributed by atoms with Crippen LogP contribution >= 0.6 is 0 Å². The van der Waals surface area contributed by atoms with Gasteiger partial charge in [-0.25, -0.2) is 0 Å². The molecule has 1 aromatic heterocycles. The third-order valence-corrected chi connectivity index (χ3v) is 5.21. The van der Waals surface area contributed by atoms with Crippen molar-refractivity contribution >= 4 is 5.91 Å². The quantitative estimate of drug-likeness (QED) is 0.888. The van der Waals surface area contributed by atoms with Gasteiger partial charge < -0.3 is 14.6 Å². The Hall–Kier alpha value is -1.84. The van der Waals surface area contributed by atoms with Crippen LogP contribution in [0.3, 0.4) is 0 Å². The van der Waals surface area contributed by atoms with E-state index in [1.165, 1.54) is 0 Å². The molecular formula is C17H24N4O2. The molecule has 0 saturated carbocycles. The van der Waals surface area contributed by atoms with Crippen molar-refractivity contribution in [2.24, 2.45) is 12.5 Å². The highest BCUT2D eigenvalue weighted by atomic mass is 16.3. The van der Waals surface area contributed by atoms with Gasteiger partial charge in [-0.2, -0.15) is 5.26 Å². The number of carbonyl (C=O) groups excluding carboxylic acids is 1. The van der Waals surface area contributed by atoms with Gasteiger partial charge in [0.05, 0.1) is 12.0 Å². The molecular weight excluding hydrogens is 292 g/mol. The number of aromatic nitrogens is 1. The smallest absolute Gasteiger partial charge is 0.230 e. The molecule has 23 heavy (non-hydrogen) atoms. The largest absolute Gasteiger partial charge is 0.395 e. The van der Waals surface area contributed by atoms with Crippen LogP contribution in [0.1, 0.15) is 30.5 Å². The summed E-state index contributed by atoms with van der Waals surface area (Å²) < 4.78 is 1.84. The number of β-amino-alcohol motifs (C(OH)–C–C–N with tert-alkyl or cyclic N) is 1. The summed E-state index contributed by atoms with van der Waals surface area (Å²) in [7, 11) is 1.88. The fourth-order valence-electron chi connectivity index (χ4n) is 4.05. The third kappa shape index (κ3) is 2.99. The van der Waals surface area contributed by atoms with Crippen LogP contribution in [0.25, 0.3) is 0 Å². The SMILES string of the molecule is Cn1cc(CN2CC[C@]3(CCCN(CCO)C3=O)C2)cc1C#N. The summed E-state index contributed by atoms with van der Waals surface area (Å²) in [6, 6.07) is 4.11. The number of nitrogens with zero attached hydrogens (tertiary/aromatic N) is 4. The summed E-state index contributed by atoms with van der Waals surface area (Å²) >= 11 is 0. The number of hydrogen-bond acceptors (Lipinski definition) is 4. The zero-order valence-electron chi connectivity index (χ0n) is 13.7. The lowest BCUT2D eigenvalue weighted by Crippen LogP contribution is -2.50. The number of rotatable bonds is 4. The van der Waals surface area contributed by atoms with Crippen molar-refractivity contribution in [1.82, 2.24) is 14.4 Å². The highest BCUT2D eigenvalue weighted by molar-refractivity contribution is 5.84. The molecule has 0 aliphatic carbocycles. The first-order valence-electron chi connectivity index (χ1n) is 8.26. The number of aliphatic hydroxyl groups is 1. The summed E-state index contributed by atoms with van der Waals surface area (Å²) in [5, 5.41) is 18.2. The van der Waals surface area contributed by atoms with Crippen LogP contribution in [0, 0.1) is 16.7 Å². The molecule has 6 heteroatoms. The lowest BCUT2D eigenvalue weighted by Gasteiger charge is -2.39. The van der Waals surface area contributed by atoms with Crippen molar-refractivity contribution in [1.29, 1.82) is 5.26 Å². The highest BCUT2D eigenvalue weighted by Gasteiger charge is 2.47. The van der Waals surface area contributed by atoms with Crippen LogP contribution in [-0.4, -0.2) is 58.2 Å². The van der Waals surface area contributed by atoms with E-state index >= 15 is 0 Å². The number of nitriles is 1. The molecule has 2 fully saturated rings. The molecule has 0 bridgehead atoms. The number of aryl methyl sites for hydroxylation is 1. The van der Waals surface area contributed by atoms with Crippen molar-refractivity contribution in [3.05, 3.63) is 23.5 Å². The molecule has 2 aliphatic heterocycles. The highest BCUT2D eigenvalue weighted by Crippen LogP contribution is 2.40. The molecule has 0 unspecified atom stereocenters. The Balaban J connectivity index is 1.67. The number of piperidine rings is 1. The molecule has 3 heterocycles. The van der Waals surface area contributed by atoms with E-state index in [0.29, 0.717) is 12.2 Å². The van der Waals surface area contributed by atoms with Crippen molar-refractivity contribution in [2.45, 2.75) is 25.8 Å². The summed E-state index contributed by atoms with van der Waals surface area (Å²) in [5.74, 6) is 0.214. The van der Waals surface area contributed by atoms with E-state index in [1.807, 2.05) is 28.8 Å². The van der Waals surface area contributed by atoms with Crippen LogP contribution in [0.2, 0.25) is 0 Å². The average molecular weight is 316 g/mol. The predicted molar refractivity (Wildman–Crippen MR) is 85.4 cm³/mol. The van der Waals surface area contributed by atoms with Crippen LogP contribution in [-0.2, 0) is 18.4 Å². The molecule has 1 amide bonds. The first kappa shape index (κ1) is 16.0. The van der Waals surface area contributed by atoms with Crippen molar-refractivity contribution < 1.29 is 9.90 Å². The summed E-state index contributed by atoms with van der Waals surface area (Å²) in [5.41, 5.74) is 1.52. The maximum absolute atomic E-state index is 12.8. The van der Waals surface area contributed by atoms with Gasteiger partial charge in [-0.05, 0) is 37.4 Å². The Morgan fingerprint density at radius 2 is 2.22 bits per heavy atom. The van der Waals surface area contributed by atoms with Gasteiger partial charge in [-0.15, -0.1) is 0 Å². The molecule has 1 aromatic rings. The third-order valence-electron chi connectivity index (χ3n) is 5.21. The van der Waals surface area contributed by atoms with Crippen molar-refractivity contribution in [3.63, 3.8) is 0 Å². The Labute approximate surface area is 136 Å². The van der Waals surface area contributed by atoms with Gasteiger partial charge in [0.15, 0.2) is 0 Å². The fourth-order valence-corrected chi connectivity index (χ4v) is 4.05. The van der Waals surface area contributed by atoms with E-state index in [-0.39, 0.29) is 17.9 Å². The van der Waals surface area contributed by atoms with Gasteiger partial charge in [-0.1, -0.05) is 0 Å². The molecule has 1 atom stereocenters. The van der Waals surface area contributed by atoms with Crippen LogP contribution < -0.4 is 0 Å². The van der Waals surface area contributed by atoms with E-state index in [4.69, 9.17) is 10.4 Å². The van der Waals surface area contributed by atoms with E-state index < -0.39 is 0 Å². The molecule has 2 saturated heterocycles. The van der Waals surface area contributed by atoms with Crippen LogP contribution in [0.5, 0.6) is 0 Å². The normalized spacial score (nSPS) is 25.3. The number of likely N-dealkylation sites (tertiary alicyclic amines) is 2. The van der Waals surface area contributed by atoms with E-state index in [2.05, 4.69) is 11.0 Å². The summed E-state index contributed by atoms with van der Waals surface area (Å²) in [6.45, 7) is 3.73. The minimum Gasteiger partial charge on any atom is -0.395 e. The molecule has 1 spiro atoms. The maximum atomic E-state index is 12.8. The van der Waals surface area contributed by atoms with Gasteiger partial charge in [0.2, 0.25) is 5.91 Å².